The lowest BCUT2D eigenvalue weighted by Gasteiger charge is -2.30. The number of anilines is 2. The van der Waals surface area contributed by atoms with E-state index in [0.717, 1.165) is 17.7 Å². The molecule has 3 aromatic carbocycles. The average molecular weight is 402 g/mol. The number of carbonyl (C=O) groups excluding carboxylic acids is 2. The van der Waals surface area contributed by atoms with E-state index in [1.54, 1.807) is 36.2 Å². The fraction of sp³-hybridized carbons (Fsp3) is 0.200. The van der Waals surface area contributed by atoms with Gasteiger partial charge in [-0.1, -0.05) is 61.5 Å². The first-order valence-corrected chi connectivity index (χ1v) is 10.0. The van der Waals surface area contributed by atoms with Gasteiger partial charge in [0.15, 0.2) is 0 Å². The van der Waals surface area contributed by atoms with E-state index in [0.29, 0.717) is 11.3 Å². The zero-order chi connectivity index (χ0) is 21.6. The van der Waals surface area contributed by atoms with Crippen LogP contribution in [0.4, 0.5) is 16.2 Å². The lowest BCUT2D eigenvalue weighted by atomic mass is 9.89. The molecule has 0 spiro atoms. The molecular formula is C25H27N3O2. The van der Waals surface area contributed by atoms with Crippen molar-refractivity contribution in [2.75, 3.05) is 17.3 Å². The number of nitrogens with zero attached hydrogens (tertiary/aromatic N) is 1. The minimum absolute atomic E-state index is 0.145. The van der Waals surface area contributed by atoms with Gasteiger partial charge in [0.2, 0.25) is 0 Å². The molecule has 5 nitrogen and oxygen atoms in total. The first-order chi connectivity index (χ1) is 14.4. The molecule has 154 valence electrons. The topological polar surface area (TPSA) is 61.4 Å². The van der Waals surface area contributed by atoms with Crippen LogP contribution in [0, 0.1) is 0 Å². The Morgan fingerprint density at radius 2 is 1.53 bits per heavy atom. The summed E-state index contributed by atoms with van der Waals surface area (Å²) < 4.78 is 0. The Bertz CT molecular complexity index is 1010. The van der Waals surface area contributed by atoms with Crippen molar-refractivity contribution in [3.63, 3.8) is 0 Å². The highest BCUT2D eigenvalue weighted by atomic mass is 16.2. The molecule has 3 amide bonds. The zero-order valence-corrected chi connectivity index (χ0v) is 17.6. The van der Waals surface area contributed by atoms with Crippen molar-refractivity contribution in [2.24, 2.45) is 0 Å². The number of rotatable bonds is 6. The monoisotopic (exact) mass is 401 g/mol. The lowest BCUT2D eigenvalue weighted by molar-refractivity contribution is 0.0993. The van der Waals surface area contributed by atoms with Gasteiger partial charge in [-0.15, -0.1) is 0 Å². The molecule has 0 saturated carbocycles. The Labute approximate surface area is 177 Å². The van der Waals surface area contributed by atoms with Crippen LogP contribution in [0.15, 0.2) is 84.9 Å². The quantitative estimate of drug-likeness (QED) is 0.580. The number of benzene rings is 3. The summed E-state index contributed by atoms with van der Waals surface area (Å²) in [6, 6.07) is 26.0. The molecule has 0 unspecified atom stereocenters. The van der Waals surface area contributed by atoms with Crippen LogP contribution < -0.4 is 15.5 Å². The van der Waals surface area contributed by atoms with Crippen LogP contribution in [-0.2, 0) is 5.54 Å². The number of urea groups is 1. The number of nitrogens with one attached hydrogen (secondary N) is 2. The summed E-state index contributed by atoms with van der Waals surface area (Å²) in [5.41, 5.74) is 2.41. The molecule has 3 rings (SSSR count). The molecule has 0 radical (unpaired) electrons. The summed E-state index contributed by atoms with van der Waals surface area (Å²) in [5, 5.41) is 5.91. The normalized spacial score (nSPS) is 12.5. The first kappa shape index (κ1) is 21.1. The van der Waals surface area contributed by atoms with E-state index in [4.69, 9.17) is 0 Å². The van der Waals surface area contributed by atoms with Crippen LogP contribution in [-0.4, -0.2) is 19.0 Å². The molecule has 1 atom stereocenters. The molecule has 0 aliphatic carbocycles. The number of hydrogen-bond donors (Lipinski definition) is 2. The fourth-order valence-electron chi connectivity index (χ4n) is 3.28. The Morgan fingerprint density at radius 1 is 0.900 bits per heavy atom. The van der Waals surface area contributed by atoms with E-state index in [9.17, 15) is 9.59 Å². The van der Waals surface area contributed by atoms with Crippen LogP contribution >= 0.6 is 0 Å². The smallest absolute Gasteiger partial charge is 0.319 e. The highest BCUT2D eigenvalue weighted by Gasteiger charge is 2.26. The molecule has 0 heterocycles. The van der Waals surface area contributed by atoms with E-state index in [-0.39, 0.29) is 11.9 Å². The van der Waals surface area contributed by atoms with E-state index in [1.165, 1.54) is 0 Å². The maximum atomic E-state index is 12.8. The minimum Gasteiger partial charge on any atom is -0.329 e. The predicted molar refractivity (Wildman–Crippen MR) is 122 cm³/mol. The molecule has 0 saturated heterocycles. The van der Waals surface area contributed by atoms with Crippen molar-refractivity contribution in [3.05, 3.63) is 96.1 Å². The van der Waals surface area contributed by atoms with Gasteiger partial charge in [0.25, 0.3) is 5.91 Å². The molecular weight excluding hydrogens is 374 g/mol. The van der Waals surface area contributed by atoms with Crippen molar-refractivity contribution in [3.8, 4) is 0 Å². The second-order valence-electron chi connectivity index (χ2n) is 7.41. The number of amides is 3. The summed E-state index contributed by atoms with van der Waals surface area (Å²) in [4.78, 5) is 27.1. The van der Waals surface area contributed by atoms with E-state index in [2.05, 4.69) is 10.6 Å². The summed E-state index contributed by atoms with van der Waals surface area (Å²) >= 11 is 0. The van der Waals surface area contributed by atoms with Crippen molar-refractivity contribution in [1.29, 1.82) is 0 Å². The molecule has 0 aliphatic rings. The second kappa shape index (κ2) is 9.27. The third kappa shape index (κ3) is 4.87. The van der Waals surface area contributed by atoms with Crippen molar-refractivity contribution >= 4 is 23.3 Å². The largest absolute Gasteiger partial charge is 0.329 e. The summed E-state index contributed by atoms with van der Waals surface area (Å²) in [7, 11) is 1.73. The van der Waals surface area contributed by atoms with Crippen LogP contribution in [0.25, 0.3) is 0 Å². The van der Waals surface area contributed by atoms with Crippen molar-refractivity contribution < 1.29 is 9.59 Å². The molecule has 0 bridgehead atoms. The molecule has 5 heteroatoms. The van der Waals surface area contributed by atoms with Crippen molar-refractivity contribution in [2.45, 2.75) is 25.8 Å². The Kier molecular flexibility index (Phi) is 6.52. The molecule has 0 aromatic heterocycles. The van der Waals surface area contributed by atoms with E-state index < -0.39 is 5.54 Å². The third-order valence-electron chi connectivity index (χ3n) is 5.32. The Morgan fingerprint density at radius 3 is 2.17 bits per heavy atom. The van der Waals surface area contributed by atoms with Crippen LogP contribution in [0.3, 0.4) is 0 Å². The summed E-state index contributed by atoms with van der Waals surface area (Å²) in [6.07, 6.45) is 0.741. The SMILES string of the molecule is CC[C@@](C)(NC(=O)Nc1cccc(C(=O)N(C)c2ccccc2)c1)c1ccccc1. The van der Waals surface area contributed by atoms with Gasteiger partial charge in [-0.3, -0.25) is 4.79 Å². The van der Waals surface area contributed by atoms with E-state index >= 15 is 0 Å². The van der Waals surface area contributed by atoms with E-state index in [1.807, 2.05) is 74.5 Å². The minimum atomic E-state index is -0.494. The average Bonchev–Trinajstić information content (AvgIpc) is 2.79. The number of hydrogen-bond acceptors (Lipinski definition) is 2. The second-order valence-corrected chi connectivity index (χ2v) is 7.41. The maximum Gasteiger partial charge on any atom is 0.319 e. The van der Waals surface area contributed by atoms with Gasteiger partial charge in [-0.2, -0.15) is 0 Å². The van der Waals surface area contributed by atoms with Crippen LogP contribution in [0.2, 0.25) is 0 Å². The molecule has 2 N–H and O–H groups in total. The summed E-state index contributed by atoms with van der Waals surface area (Å²) in [5.74, 6) is -0.145. The predicted octanol–water partition coefficient (Wildman–Crippen LogP) is 5.41. The highest BCUT2D eigenvalue weighted by molar-refractivity contribution is 6.06. The molecule has 0 aliphatic heterocycles. The van der Waals surface area contributed by atoms with Gasteiger partial charge >= 0.3 is 6.03 Å². The zero-order valence-electron chi connectivity index (χ0n) is 17.6. The van der Waals surface area contributed by atoms with Gasteiger partial charge in [0.05, 0.1) is 5.54 Å². The Hall–Kier alpha value is -3.60. The van der Waals surface area contributed by atoms with Gasteiger partial charge in [0, 0.05) is 24.0 Å². The van der Waals surface area contributed by atoms with Gasteiger partial charge in [-0.25, -0.2) is 4.79 Å². The van der Waals surface area contributed by atoms with Gasteiger partial charge < -0.3 is 15.5 Å². The van der Waals surface area contributed by atoms with Crippen LogP contribution in [0.5, 0.6) is 0 Å². The molecule has 30 heavy (non-hydrogen) atoms. The fourth-order valence-corrected chi connectivity index (χ4v) is 3.28. The molecule has 3 aromatic rings. The third-order valence-corrected chi connectivity index (χ3v) is 5.32. The Balaban J connectivity index is 1.72. The number of carbonyl (C=O) groups is 2. The van der Waals surface area contributed by atoms with Gasteiger partial charge in [-0.05, 0) is 49.2 Å². The summed E-state index contributed by atoms with van der Waals surface area (Å²) in [6.45, 7) is 4.03. The number of para-hydroxylation sites is 1. The maximum absolute atomic E-state index is 12.8. The molecule has 0 fully saturated rings. The standard InChI is InChI=1S/C25H27N3O2/c1-4-25(2,20-13-7-5-8-14-20)27-24(30)26-21-15-11-12-19(18-21)23(29)28(3)22-16-9-6-10-17-22/h5-18H,4H2,1-3H3,(H2,26,27,30)/t25-/m1/s1. The highest BCUT2D eigenvalue weighted by Crippen LogP contribution is 2.24. The van der Waals surface area contributed by atoms with Crippen LogP contribution in [0.1, 0.15) is 36.2 Å². The van der Waals surface area contributed by atoms with Gasteiger partial charge in [0.1, 0.15) is 0 Å². The van der Waals surface area contributed by atoms with Crippen molar-refractivity contribution in [1.82, 2.24) is 5.32 Å². The lowest BCUT2D eigenvalue weighted by Crippen LogP contribution is -2.45. The first-order valence-electron chi connectivity index (χ1n) is 10.0.